The minimum absolute atomic E-state index is 0.0576. The number of halogens is 2. The van der Waals surface area contributed by atoms with Gasteiger partial charge in [0.05, 0.1) is 0 Å². The lowest BCUT2D eigenvalue weighted by Gasteiger charge is -2.20. The van der Waals surface area contributed by atoms with Crippen LogP contribution in [0.15, 0.2) is 23.1 Å². The third-order valence-corrected chi connectivity index (χ3v) is 5.23. The molecule has 1 aliphatic rings. The monoisotopic (exact) mass is 346 g/mol. The molecule has 1 heterocycles. The zero-order valence-corrected chi connectivity index (χ0v) is 13.5. The number of sulfonamides is 1. The van der Waals surface area contributed by atoms with E-state index in [0.717, 1.165) is 31.4 Å². The highest BCUT2D eigenvalue weighted by molar-refractivity contribution is 7.89. The molecule has 1 N–H and O–H groups in total. The van der Waals surface area contributed by atoms with Crippen molar-refractivity contribution in [2.24, 2.45) is 0 Å². The molecule has 1 aromatic carbocycles. The molecule has 0 aliphatic carbocycles. The van der Waals surface area contributed by atoms with Crippen LogP contribution >= 0.6 is 0 Å². The number of carbonyl (C=O) groups excluding carboxylic acids is 1. The van der Waals surface area contributed by atoms with E-state index in [2.05, 4.69) is 4.72 Å². The minimum Gasteiger partial charge on any atom is -0.343 e. The SMILES string of the molecule is O=C1CCCCCN1CCCNS(=O)(=O)c1cc(F)ccc1F. The number of carbonyl (C=O) groups is 1. The standard InChI is InChI=1S/C15H20F2N2O3S/c16-12-6-7-13(17)14(11-12)23(21,22)18-8-4-10-19-9-3-1-2-5-15(19)20/h6-7,11,18H,1-5,8-10H2. The van der Waals surface area contributed by atoms with Crippen LogP contribution in [-0.4, -0.2) is 38.9 Å². The van der Waals surface area contributed by atoms with E-state index in [1.54, 1.807) is 4.90 Å². The van der Waals surface area contributed by atoms with Crippen LogP contribution < -0.4 is 4.72 Å². The van der Waals surface area contributed by atoms with Gasteiger partial charge < -0.3 is 4.90 Å². The molecule has 0 radical (unpaired) electrons. The smallest absolute Gasteiger partial charge is 0.243 e. The lowest BCUT2D eigenvalue weighted by Crippen LogP contribution is -2.34. The zero-order chi connectivity index (χ0) is 16.9. The molecule has 2 rings (SSSR count). The fourth-order valence-corrected chi connectivity index (χ4v) is 3.67. The summed E-state index contributed by atoms with van der Waals surface area (Å²) in [4.78, 5) is 12.8. The first-order valence-electron chi connectivity index (χ1n) is 7.62. The number of hydrogen-bond donors (Lipinski definition) is 1. The van der Waals surface area contributed by atoms with E-state index >= 15 is 0 Å². The van der Waals surface area contributed by atoms with Gasteiger partial charge in [-0.3, -0.25) is 4.79 Å². The van der Waals surface area contributed by atoms with Crippen molar-refractivity contribution in [3.8, 4) is 0 Å². The van der Waals surface area contributed by atoms with E-state index in [4.69, 9.17) is 0 Å². The van der Waals surface area contributed by atoms with Crippen molar-refractivity contribution >= 4 is 15.9 Å². The summed E-state index contributed by atoms with van der Waals surface area (Å²) in [6, 6.07) is 2.29. The van der Waals surface area contributed by atoms with Crippen LogP contribution in [0, 0.1) is 11.6 Å². The summed E-state index contributed by atoms with van der Waals surface area (Å²) >= 11 is 0. The fraction of sp³-hybridized carbons (Fsp3) is 0.533. The van der Waals surface area contributed by atoms with Crippen LogP contribution in [0.1, 0.15) is 32.1 Å². The third kappa shape index (κ3) is 4.97. The van der Waals surface area contributed by atoms with Crippen molar-refractivity contribution in [3.63, 3.8) is 0 Å². The number of rotatable bonds is 6. The number of nitrogens with zero attached hydrogens (tertiary/aromatic N) is 1. The molecule has 1 amide bonds. The maximum absolute atomic E-state index is 13.5. The van der Waals surface area contributed by atoms with Gasteiger partial charge in [-0.2, -0.15) is 0 Å². The maximum Gasteiger partial charge on any atom is 0.243 e. The summed E-state index contributed by atoms with van der Waals surface area (Å²) in [6.45, 7) is 1.19. The van der Waals surface area contributed by atoms with E-state index in [9.17, 15) is 22.0 Å². The van der Waals surface area contributed by atoms with Crippen LogP contribution in [-0.2, 0) is 14.8 Å². The highest BCUT2D eigenvalue weighted by atomic mass is 32.2. The molecule has 1 fully saturated rings. The predicted molar refractivity (Wildman–Crippen MR) is 81.2 cm³/mol. The Labute approximate surface area is 134 Å². The van der Waals surface area contributed by atoms with E-state index < -0.39 is 26.6 Å². The van der Waals surface area contributed by atoms with Crippen molar-refractivity contribution in [3.05, 3.63) is 29.8 Å². The van der Waals surface area contributed by atoms with Crippen molar-refractivity contribution in [2.75, 3.05) is 19.6 Å². The molecule has 0 unspecified atom stereocenters. The molecule has 8 heteroatoms. The first kappa shape index (κ1) is 17.8. The molecule has 1 aliphatic heterocycles. The second-order valence-electron chi connectivity index (χ2n) is 5.52. The average molecular weight is 346 g/mol. The fourth-order valence-electron chi connectivity index (χ4n) is 2.51. The zero-order valence-electron chi connectivity index (χ0n) is 12.7. The Morgan fingerprint density at radius 3 is 2.74 bits per heavy atom. The Balaban J connectivity index is 1.87. The molecule has 0 bridgehead atoms. The highest BCUT2D eigenvalue weighted by Gasteiger charge is 2.20. The molecule has 1 aromatic rings. The van der Waals surface area contributed by atoms with Gasteiger partial charge in [0.25, 0.3) is 0 Å². The lowest BCUT2D eigenvalue weighted by molar-refractivity contribution is -0.130. The number of benzene rings is 1. The van der Waals surface area contributed by atoms with Crippen LogP contribution in [0.5, 0.6) is 0 Å². The van der Waals surface area contributed by atoms with Crippen molar-refractivity contribution in [1.82, 2.24) is 9.62 Å². The van der Waals surface area contributed by atoms with Crippen molar-refractivity contribution < 1.29 is 22.0 Å². The molecule has 0 saturated carbocycles. The number of hydrogen-bond acceptors (Lipinski definition) is 3. The second kappa shape index (κ2) is 7.83. The summed E-state index contributed by atoms with van der Waals surface area (Å²) in [6.07, 6.45) is 3.81. The van der Waals surface area contributed by atoms with Crippen LogP contribution in [0.25, 0.3) is 0 Å². The molecule has 0 aromatic heterocycles. The summed E-state index contributed by atoms with van der Waals surface area (Å²) in [5, 5.41) is 0. The third-order valence-electron chi connectivity index (χ3n) is 3.75. The van der Waals surface area contributed by atoms with Gasteiger partial charge in [0.15, 0.2) is 0 Å². The van der Waals surface area contributed by atoms with Gasteiger partial charge in [0.2, 0.25) is 15.9 Å². The molecular weight excluding hydrogens is 326 g/mol. The Hall–Kier alpha value is -1.54. The topological polar surface area (TPSA) is 66.5 Å². The Kier molecular flexibility index (Phi) is 6.06. The summed E-state index contributed by atoms with van der Waals surface area (Å²) in [5.41, 5.74) is 0. The van der Waals surface area contributed by atoms with E-state index in [1.165, 1.54) is 0 Å². The van der Waals surface area contributed by atoms with E-state index in [0.29, 0.717) is 32.0 Å². The largest absolute Gasteiger partial charge is 0.343 e. The first-order chi connectivity index (χ1) is 10.9. The molecule has 128 valence electrons. The maximum atomic E-state index is 13.5. The number of likely N-dealkylation sites (tertiary alicyclic amines) is 1. The Bertz CT molecular complexity index is 665. The van der Waals surface area contributed by atoms with Crippen LogP contribution in [0.3, 0.4) is 0 Å². The minimum atomic E-state index is -4.11. The molecule has 5 nitrogen and oxygen atoms in total. The number of amides is 1. The quantitative estimate of drug-likeness (QED) is 0.802. The van der Waals surface area contributed by atoms with E-state index in [-0.39, 0.29) is 12.5 Å². The van der Waals surface area contributed by atoms with Gasteiger partial charge in [0, 0.05) is 26.1 Å². The Morgan fingerprint density at radius 1 is 1.17 bits per heavy atom. The molecule has 0 spiro atoms. The van der Waals surface area contributed by atoms with Crippen LogP contribution in [0.2, 0.25) is 0 Å². The van der Waals surface area contributed by atoms with Gasteiger partial charge >= 0.3 is 0 Å². The van der Waals surface area contributed by atoms with Gasteiger partial charge in [-0.05, 0) is 37.5 Å². The second-order valence-corrected chi connectivity index (χ2v) is 7.25. The molecule has 0 atom stereocenters. The lowest BCUT2D eigenvalue weighted by atomic mass is 10.2. The summed E-state index contributed by atoms with van der Waals surface area (Å²) in [5.74, 6) is -1.73. The van der Waals surface area contributed by atoms with E-state index in [1.807, 2.05) is 0 Å². The van der Waals surface area contributed by atoms with Gasteiger partial charge in [-0.15, -0.1) is 0 Å². The number of nitrogens with one attached hydrogen (secondary N) is 1. The van der Waals surface area contributed by atoms with Crippen molar-refractivity contribution in [2.45, 2.75) is 37.0 Å². The van der Waals surface area contributed by atoms with Gasteiger partial charge in [-0.25, -0.2) is 21.9 Å². The predicted octanol–water partition coefficient (Wildman–Crippen LogP) is 2.04. The highest BCUT2D eigenvalue weighted by Crippen LogP contribution is 2.15. The average Bonchev–Trinajstić information content (AvgIpc) is 2.71. The van der Waals surface area contributed by atoms with Crippen LogP contribution in [0.4, 0.5) is 8.78 Å². The Morgan fingerprint density at radius 2 is 1.96 bits per heavy atom. The first-order valence-corrected chi connectivity index (χ1v) is 9.11. The molecule has 1 saturated heterocycles. The van der Waals surface area contributed by atoms with Gasteiger partial charge in [-0.1, -0.05) is 6.42 Å². The normalized spacial score (nSPS) is 16.4. The van der Waals surface area contributed by atoms with Crippen molar-refractivity contribution in [1.29, 1.82) is 0 Å². The molecule has 23 heavy (non-hydrogen) atoms. The van der Waals surface area contributed by atoms with Gasteiger partial charge in [0.1, 0.15) is 16.5 Å². The summed E-state index contributed by atoms with van der Waals surface area (Å²) < 4.78 is 52.8. The molecular formula is C15H20F2N2O3S. The summed E-state index contributed by atoms with van der Waals surface area (Å²) in [7, 11) is -4.11.